The van der Waals surface area contributed by atoms with E-state index in [0.717, 1.165) is 12.8 Å². The molecule has 1 heterocycles. The molecule has 1 atom stereocenters. The maximum Gasteiger partial charge on any atom is 0.224 e. The molecule has 0 aromatic rings. The highest BCUT2D eigenvalue weighted by atomic mass is 32.2. The van der Waals surface area contributed by atoms with E-state index in [-0.39, 0.29) is 35.8 Å². The molecule has 0 aromatic carbocycles. The molecule has 6 nitrogen and oxygen atoms in total. The summed E-state index contributed by atoms with van der Waals surface area (Å²) in [6.45, 7) is 4.35. The maximum atomic E-state index is 12.3. The summed E-state index contributed by atoms with van der Waals surface area (Å²) in [5.74, 6) is 0.206. The molecule has 1 aliphatic carbocycles. The van der Waals surface area contributed by atoms with Crippen LogP contribution in [0.25, 0.3) is 0 Å². The Kier molecular flexibility index (Phi) is 4.91. The summed E-state index contributed by atoms with van der Waals surface area (Å²) >= 11 is 0. The molecule has 7 heteroatoms. The quantitative estimate of drug-likeness (QED) is 0.712. The molecule has 1 aliphatic heterocycles. The average Bonchev–Trinajstić information content (AvgIpc) is 3.15. The second-order valence-corrected chi connectivity index (χ2v) is 8.16. The van der Waals surface area contributed by atoms with E-state index >= 15 is 0 Å². The molecule has 1 unspecified atom stereocenters. The fourth-order valence-corrected chi connectivity index (χ4v) is 4.73. The summed E-state index contributed by atoms with van der Waals surface area (Å²) in [4.78, 5) is 27.3. The van der Waals surface area contributed by atoms with E-state index in [1.54, 1.807) is 9.80 Å². The number of hydrogen-bond acceptors (Lipinski definition) is 4. The van der Waals surface area contributed by atoms with Crippen molar-refractivity contribution in [1.29, 1.82) is 0 Å². The van der Waals surface area contributed by atoms with Gasteiger partial charge in [0, 0.05) is 38.5 Å². The summed E-state index contributed by atoms with van der Waals surface area (Å²) in [5.41, 5.74) is 0. The van der Waals surface area contributed by atoms with Crippen LogP contribution in [0, 0.1) is 0 Å². The summed E-state index contributed by atoms with van der Waals surface area (Å²) in [5, 5.41) is 0. The van der Waals surface area contributed by atoms with Crippen LogP contribution in [0.5, 0.6) is 0 Å². The Balaban J connectivity index is 1.89. The highest BCUT2D eigenvalue weighted by Gasteiger charge is 2.35. The Morgan fingerprint density at radius 1 is 1.10 bits per heavy atom. The molecule has 0 bridgehead atoms. The van der Waals surface area contributed by atoms with Crippen LogP contribution >= 0.6 is 0 Å². The summed E-state index contributed by atoms with van der Waals surface area (Å²) < 4.78 is 23.1. The van der Waals surface area contributed by atoms with Gasteiger partial charge in [-0.25, -0.2) is 8.42 Å². The van der Waals surface area contributed by atoms with Gasteiger partial charge >= 0.3 is 0 Å². The smallest absolute Gasteiger partial charge is 0.224 e. The number of amides is 2. The summed E-state index contributed by atoms with van der Waals surface area (Å²) in [6, 6.07) is 0.108. The Morgan fingerprint density at radius 2 is 1.76 bits per heavy atom. The van der Waals surface area contributed by atoms with Crippen LogP contribution in [0.3, 0.4) is 0 Å². The predicted molar refractivity (Wildman–Crippen MR) is 79.5 cm³/mol. The standard InChI is InChI=1S/C14H24N2O4S/c1-3-15(13-7-9-21(19,20)10-13)14(18)6-8-16(11(2)17)12-4-5-12/h12-13H,3-10H2,1-2H3. The Labute approximate surface area is 126 Å². The molecule has 0 aromatic heterocycles. The van der Waals surface area contributed by atoms with Gasteiger partial charge in [-0.2, -0.15) is 0 Å². The minimum Gasteiger partial charge on any atom is -0.339 e. The molecule has 2 aliphatic rings. The molecule has 0 spiro atoms. The highest BCUT2D eigenvalue weighted by Crippen LogP contribution is 2.27. The lowest BCUT2D eigenvalue weighted by atomic mass is 10.2. The highest BCUT2D eigenvalue weighted by molar-refractivity contribution is 7.91. The largest absolute Gasteiger partial charge is 0.339 e. The second-order valence-electron chi connectivity index (χ2n) is 5.93. The van der Waals surface area contributed by atoms with E-state index in [1.165, 1.54) is 6.92 Å². The minimum atomic E-state index is -2.99. The van der Waals surface area contributed by atoms with Crippen molar-refractivity contribution in [1.82, 2.24) is 9.80 Å². The third-order valence-electron chi connectivity index (χ3n) is 4.27. The lowest BCUT2D eigenvalue weighted by Gasteiger charge is -2.28. The van der Waals surface area contributed by atoms with Crippen molar-refractivity contribution in [3.05, 3.63) is 0 Å². The molecule has 0 radical (unpaired) electrons. The maximum absolute atomic E-state index is 12.3. The third-order valence-corrected chi connectivity index (χ3v) is 6.02. The van der Waals surface area contributed by atoms with Crippen LogP contribution in [0.15, 0.2) is 0 Å². The summed E-state index contributed by atoms with van der Waals surface area (Å²) in [7, 11) is -2.99. The van der Waals surface area contributed by atoms with E-state index in [2.05, 4.69) is 0 Å². The molecule has 2 fully saturated rings. The number of carbonyl (C=O) groups is 2. The predicted octanol–water partition coefficient (Wildman–Crippen LogP) is 0.423. The van der Waals surface area contributed by atoms with Crippen LogP contribution in [-0.4, -0.2) is 66.7 Å². The van der Waals surface area contributed by atoms with E-state index in [0.29, 0.717) is 25.6 Å². The number of rotatable bonds is 6. The number of hydrogen-bond donors (Lipinski definition) is 0. The first kappa shape index (κ1) is 16.3. The fraction of sp³-hybridized carbons (Fsp3) is 0.857. The van der Waals surface area contributed by atoms with Crippen LogP contribution < -0.4 is 0 Å². The van der Waals surface area contributed by atoms with Gasteiger partial charge in [0.1, 0.15) is 0 Å². The van der Waals surface area contributed by atoms with Crippen LogP contribution in [0.1, 0.15) is 39.5 Å². The molecule has 1 saturated heterocycles. The number of nitrogens with zero attached hydrogens (tertiary/aromatic N) is 2. The number of carbonyl (C=O) groups excluding carboxylic acids is 2. The normalized spacial score (nSPS) is 23.8. The average molecular weight is 316 g/mol. The zero-order valence-corrected chi connectivity index (χ0v) is 13.6. The van der Waals surface area contributed by atoms with E-state index in [1.807, 2.05) is 6.92 Å². The molecule has 2 amide bonds. The Bertz CT molecular complexity index is 513. The minimum absolute atomic E-state index is 0.0109. The van der Waals surface area contributed by atoms with Crippen molar-refractivity contribution in [3.8, 4) is 0 Å². The lowest BCUT2D eigenvalue weighted by Crippen LogP contribution is -2.43. The first-order valence-electron chi connectivity index (χ1n) is 7.61. The van der Waals surface area contributed by atoms with E-state index < -0.39 is 9.84 Å². The van der Waals surface area contributed by atoms with Crippen molar-refractivity contribution in [2.75, 3.05) is 24.6 Å². The molecular weight excluding hydrogens is 292 g/mol. The zero-order chi connectivity index (χ0) is 15.6. The zero-order valence-electron chi connectivity index (χ0n) is 12.7. The molecule has 120 valence electrons. The van der Waals surface area contributed by atoms with Gasteiger partial charge in [-0.1, -0.05) is 0 Å². The molecule has 2 rings (SSSR count). The molecular formula is C14H24N2O4S. The van der Waals surface area contributed by atoms with Crippen molar-refractivity contribution in [3.63, 3.8) is 0 Å². The van der Waals surface area contributed by atoms with Crippen molar-refractivity contribution in [2.45, 2.75) is 51.6 Å². The van der Waals surface area contributed by atoms with Gasteiger partial charge in [-0.05, 0) is 26.2 Å². The molecule has 21 heavy (non-hydrogen) atoms. The number of sulfone groups is 1. The van der Waals surface area contributed by atoms with Crippen LogP contribution in [0.4, 0.5) is 0 Å². The van der Waals surface area contributed by atoms with Gasteiger partial charge in [0.05, 0.1) is 11.5 Å². The Morgan fingerprint density at radius 3 is 2.19 bits per heavy atom. The summed E-state index contributed by atoms with van der Waals surface area (Å²) in [6.07, 6.45) is 2.85. The van der Waals surface area contributed by atoms with Gasteiger partial charge in [0.15, 0.2) is 9.84 Å². The topological polar surface area (TPSA) is 74.8 Å². The molecule has 1 saturated carbocycles. The second kappa shape index (κ2) is 6.34. The van der Waals surface area contributed by atoms with Gasteiger partial charge in [-0.3, -0.25) is 9.59 Å². The van der Waals surface area contributed by atoms with Gasteiger partial charge in [0.2, 0.25) is 11.8 Å². The van der Waals surface area contributed by atoms with Crippen LogP contribution in [0.2, 0.25) is 0 Å². The first-order chi connectivity index (χ1) is 9.84. The van der Waals surface area contributed by atoms with Crippen molar-refractivity contribution < 1.29 is 18.0 Å². The third kappa shape index (κ3) is 4.18. The van der Waals surface area contributed by atoms with Gasteiger partial charge < -0.3 is 9.80 Å². The van der Waals surface area contributed by atoms with Gasteiger partial charge in [-0.15, -0.1) is 0 Å². The first-order valence-corrected chi connectivity index (χ1v) is 9.43. The van der Waals surface area contributed by atoms with Crippen molar-refractivity contribution >= 4 is 21.7 Å². The SMILES string of the molecule is CCN(C(=O)CCN(C(C)=O)C1CC1)C1CCS(=O)(=O)C1. The Hall–Kier alpha value is -1.11. The van der Waals surface area contributed by atoms with Crippen LogP contribution in [-0.2, 0) is 19.4 Å². The lowest BCUT2D eigenvalue weighted by molar-refractivity contribution is -0.134. The van der Waals surface area contributed by atoms with Gasteiger partial charge in [0.25, 0.3) is 0 Å². The van der Waals surface area contributed by atoms with E-state index in [9.17, 15) is 18.0 Å². The monoisotopic (exact) mass is 316 g/mol. The van der Waals surface area contributed by atoms with Crippen molar-refractivity contribution in [2.24, 2.45) is 0 Å². The molecule has 0 N–H and O–H groups in total. The van der Waals surface area contributed by atoms with E-state index in [4.69, 9.17) is 0 Å². The fourth-order valence-electron chi connectivity index (χ4n) is 3.00.